The largest absolute Gasteiger partial charge is 0.472 e. The maximum Gasteiger partial charge on any atom is 0.472 e. The summed E-state index contributed by atoms with van der Waals surface area (Å²) in [5, 5.41) is 50.3. The third kappa shape index (κ3) is 32.5. The first kappa shape index (κ1) is 60.9. The minimum absolute atomic E-state index is 0.106. The fraction of sp³-hybridized carbons (Fsp3) is 0.960. The van der Waals surface area contributed by atoms with Crippen molar-refractivity contribution in [2.24, 2.45) is 0 Å². The normalized spacial score (nSPS) is 21.4. The van der Waals surface area contributed by atoms with E-state index in [1.54, 1.807) is 0 Å². The summed E-state index contributed by atoms with van der Waals surface area (Å²) in [6.45, 7) is 3.35. The molecule has 1 aliphatic rings. The summed E-state index contributed by atoms with van der Waals surface area (Å²) in [5.41, 5.74) is 0. The smallest absolute Gasteiger partial charge is 0.462 e. The molecule has 0 amide bonds. The van der Waals surface area contributed by atoms with E-state index >= 15 is 0 Å². The van der Waals surface area contributed by atoms with E-state index in [4.69, 9.17) is 18.5 Å². The maximum absolute atomic E-state index is 12.8. The van der Waals surface area contributed by atoms with Crippen molar-refractivity contribution in [1.29, 1.82) is 0 Å². The average molecular weight is 937 g/mol. The Morgan fingerprint density at radius 3 is 1.03 bits per heavy atom. The monoisotopic (exact) mass is 937 g/mol. The third-order valence-electron chi connectivity index (χ3n) is 12.7. The van der Waals surface area contributed by atoms with Crippen LogP contribution < -0.4 is 0 Å². The van der Waals surface area contributed by atoms with E-state index in [2.05, 4.69) is 13.8 Å². The van der Waals surface area contributed by atoms with E-state index in [0.717, 1.165) is 38.5 Å². The van der Waals surface area contributed by atoms with E-state index in [1.165, 1.54) is 173 Å². The van der Waals surface area contributed by atoms with Crippen molar-refractivity contribution in [1.82, 2.24) is 0 Å². The molecule has 0 aromatic heterocycles. The first-order valence-electron chi connectivity index (χ1n) is 26.3. The molecule has 8 atom stereocenters. The zero-order chi connectivity index (χ0) is 47.1. The standard InChI is InChI=1S/C50H97O13P/c1-3-5-7-9-11-13-15-17-19-21-22-23-25-27-29-31-33-35-37-39-44(52)62-42(41-61-64(58,59)63-50-48(56)46(54)45(53)47(55)49(50)57)40-60-43(51)38-36-34-32-30-28-26-24-20-18-16-14-12-10-8-6-4-2/h42,45-50,53-57H,3-41H2,1-2H3,(H,58,59)/t42-,45?,46-,47?,48?,49?,50?/m1/s1. The van der Waals surface area contributed by atoms with Crippen molar-refractivity contribution in [3.8, 4) is 0 Å². The van der Waals surface area contributed by atoms with E-state index in [1.807, 2.05) is 0 Å². The zero-order valence-corrected chi connectivity index (χ0v) is 41.5. The van der Waals surface area contributed by atoms with Crippen molar-refractivity contribution in [3.05, 3.63) is 0 Å². The molecule has 1 saturated carbocycles. The maximum atomic E-state index is 12.8. The molecule has 0 radical (unpaired) electrons. The molecule has 1 rings (SSSR count). The van der Waals surface area contributed by atoms with Gasteiger partial charge in [-0.05, 0) is 12.8 Å². The highest BCUT2D eigenvalue weighted by atomic mass is 31.2. The van der Waals surface area contributed by atoms with Crippen molar-refractivity contribution < 1.29 is 63.1 Å². The Labute approximate surface area is 389 Å². The Hall–Kier alpha value is -1.15. The molecular weight excluding hydrogens is 840 g/mol. The minimum Gasteiger partial charge on any atom is -0.462 e. The van der Waals surface area contributed by atoms with Crippen LogP contribution in [0.2, 0.25) is 0 Å². The van der Waals surface area contributed by atoms with Gasteiger partial charge >= 0.3 is 19.8 Å². The van der Waals surface area contributed by atoms with Gasteiger partial charge in [0, 0.05) is 12.8 Å². The summed E-state index contributed by atoms with van der Waals surface area (Å²) in [7, 11) is -5.11. The topological polar surface area (TPSA) is 210 Å². The van der Waals surface area contributed by atoms with E-state index in [0.29, 0.717) is 12.8 Å². The van der Waals surface area contributed by atoms with E-state index in [9.17, 15) is 44.6 Å². The number of hydrogen-bond acceptors (Lipinski definition) is 12. The van der Waals surface area contributed by atoms with Crippen molar-refractivity contribution in [3.63, 3.8) is 0 Å². The third-order valence-corrected chi connectivity index (χ3v) is 13.7. The molecule has 13 nitrogen and oxygen atoms in total. The number of rotatable bonds is 45. The number of aliphatic hydroxyl groups is 5. The lowest BCUT2D eigenvalue weighted by Crippen LogP contribution is -2.64. The van der Waals surface area contributed by atoms with Gasteiger partial charge in [0.1, 0.15) is 43.2 Å². The fourth-order valence-electron chi connectivity index (χ4n) is 8.47. The summed E-state index contributed by atoms with van der Waals surface area (Å²) >= 11 is 0. The van der Waals surface area contributed by atoms with Crippen LogP contribution in [0.15, 0.2) is 0 Å². The van der Waals surface area contributed by atoms with Gasteiger partial charge in [0.05, 0.1) is 6.61 Å². The van der Waals surface area contributed by atoms with Crippen molar-refractivity contribution >= 4 is 19.8 Å². The molecular formula is C50H97O13P. The van der Waals surface area contributed by atoms with Gasteiger partial charge in [-0.3, -0.25) is 18.6 Å². The molecule has 1 aliphatic carbocycles. The van der Waals surface area contributed by atoms with Crippen LogP contribution in [-0.2, 0) is 32.7 Å². The van der Waals surface area contributed by atoms with Crippen LogP contribution in [0.25, 0.3) is 0 Å². The SMILES string of the molecule is CCCCCCCCCCCCCCCCCCCCCC(=O)O[C@H](COC(=O)CCCCCCCCCCCCCCCCCC)COP(=O)(O)OC1C(O)C(O)C(O)[C@@H](O)C1O. The molecule has 64 heavy (non-hydrogen) atoms. The second-order valence-electron chi connectivity index (χ2n) is 18.7. The molecule has 0 saturated heterocycles. The van der Waals surface area contributed by atoms with E-state index < -0.39 is 75.7 Å². The lowest BCUT2D eigenvalue weighted by molar-refractivity contribution is -0.220. The van der Waals surface area contributed by atoms with Crippen LogP contribution in [0.3, 0.4) is 0 Å². The summed E-state index contributed by atoms with van der Waals surface area (Å²) in [6.07, 6.45) is 30.0. The quantitative estimate of drug-likeness (QED) is 0.0191. The number of carbonyl (C=O) groups excluding carboxylic acids is 2. The zero-order valence-electron chi connectivity index (χ0n) is 40.6. The van der Waals surface area contributed by atoms with Crippen molar-refractivity contribution in [2.75, 3.05) is 13.2 Å². The number of phosphoric ester groups is 1. The predicted molar refractivity (Wildman–Crippen MR) is 254 cm³/mol. The van der Waals surface area contributed by atoms with Crippen LogP contribution >= 0.6 is 7.82 Å². The van der Waals surface area contributed by atoms with Crippen LogP contribution in [0, 0.1) is 0 Å². The van der Waals surface area contributed by atoms with Gasteiger partial charge in [-0.1, -0.05) is 226 Å². The first-order valence-corrected chi connectivity index (χ1v) is 27.8. The van der Waals surface area contributed by atoms with Gasteiger partial charge in [0.2, 0.25) is 0 Å². The fourth-order valence-corrected chi connectivity index (χ4v) is 9.44. The van der Waals surface area contributed by atoms with Crippen LogP contribution in [0.1, 0.15) is 251 Å². The van der Waals surface area contributed by atoms with Crippen molar-refractivity contribution in [2.45, 2.75) is 294 Å². The molecule has 0 heterocycles. The molecule has 0 bridgehead atoms. The Balaban J connectivity index is 2.37. The molecule has 380 valence electrons. The van der Waals surface area contributed by atoms with Gasteiger partial charge in [-0.15, -0.1) is 0 Å². The van der Waals surface area contributed by atoms with Crippen LogP contribution in [-0.4, -0.2) is 98.3 Å². The second-order valence-corrected chi connectivity index (χ2v) is 20.2. The number of ether oxygens (including phenoxy) is 2. The van der Waals surface area contributed by atoms with Gasteiger partial charge in [0.15, 0.2) is 6.10 Å². The summed E-state index contributed by atoms with van der Waals surface area (Å²) in [6, 6.07) is 0. The summed E-state index contributed by atoms with van der Waals surface area (Å²) < 4.78 is 33.7. The van der Waals surface area contributed by atoms with Crippen LogP contribution in [0.4, 0.5) is 0 Å². The minimum atomic E-state index is -5.11. The highest BCUT2D eigenvalue weighted by Gasteiger charge is 2.51. The molecule has 1 fully saturated rings. The number of hydrogen-bond donors (Lipinski definition) is 6. The number of esters is 2. The summed E-state index contributed by atoms with van der Waals surface area (Å²) in [4.78, 5) is 35.8. The Morgan fingerprint density at radius 1 is 0.422 bits per heavy atom. The highest BCUT2D eigenvalue weighted by molar-refractivity contribution is 7.47. The van der Waals surface area contributed by atoms with Gasteiger partial charge in [0.25, 0.3) is 0 Å². The molecule has 6 unspecified atom stereocenters. The van der Waals surface area contributed by atoms with Gasteiger partial charge in [-0.25, -0.2) is 4.57 Å². The lowest BCUT2D eigenvalue weighted by Gasteiger charge is -2.41. The van der Waals surface area contributed by atoms with Gasteiger partial charge < -0.3 is 39.9 Å². The lowest BCUT2D eigenvalue weighted by atomic mass is 9.85. The first-order chi connectivity index (χ1) is 30.9. The predicted octanol–water partition coefficient (Wildman–Crippen LogP) is 11.2. The Kier molecular flexibility index (Phi) is 38.9. The molecule has 0 aliphatic heterocycles. The molecule has 14 heteroatoms. The molecule has 0 spiro atoms. The molecule has 0 aromatic rings. The second kappa shape index (κ2) is 40.9. The Morgan fingerprint density at radius 2 is 0.703 bits per heavy atom. The summed E-state index contributed by atoms with van der Waals surface area (Å²) in [5.74, 6) is -1.08. The number of carbonyl (C=O) groups is 2. The number of unbranched alkanes of at least 4 members (excludes halogenated alkanes) is 33. The number of aliphatic hydroxyl groups excluding tert-OH is 5. The average Bonchev–Trinajstić information content (AvgIpc) is 3.28. The molecule has 6 N–H and O–H groups in total. The number of phosphoric acid groups is 1. The van der Waals surface area contributed by atoms with Crippen LogP contribution in [0.5, 0.6) is 0 Å². The highest BCUT2D eigenvalue weighted by Crippen LogP contribution is 2.47. The Bertz CT molecular complexity index is 1130. The molecule has 0 aromatic carbocycles. The van der Waals surface area contributed by atoms with Gasteiger partial charge in [-0.2, -0.15) is 0 Å². The van der Waals surface area contributed by atoms with E-state index in [-0.39, 0.29) is 12.8 Å².